The van der Waals surface area contributed by atoms with Gasteiger partial charge in [0.2, 0.25) is 0 Å². The second-order valence-corrected chi connectivity index (χ2v) is 3.31. The van der Waals surface area contributed by atoms with Gasteiger partial charge in [-0.3, -0.25) is 0 Å². The Labute approximate surface area is 58.5 Å². The molecule has 0 aliphatic carbocycles. The van der Waals surface area contributed by atoms with E-state index in [-0.39, 0.29) is 0 Å². The van der Waals surface area contributed by atoms with Gasteiger partial charge in [-0.1, -0.05) is 22.0 Å². The molecule has 0 saturated carbocycles. The first-order valence-electron chi connectivity index (χ1n) is 2.87. The van der Waals surface area contributed by atoms with Gasteiger partial charge in [-0.2, -0.15) is 0 Å². The summed E-state index contributed by atoms with van der Waals surface area (Å²) in [5.41, 5.74) is 0. The van der Waals surface area contributed by atoms with E-state index in [4.69, 9.17) is 0 Å². The topological polar surface area (TPSA) is 3.24 Å². The molecule has 1 unspecified atom stereocenters. The normalized spacial score (nSPS) is 22.0. The van der Waals surface area contributed by atoms with Crippen molar-refractivity contribution < 1.29 is 0 Å². The zero-order valence-corrected chi connectivity index (χ0v) is 6.56. The molecule has 1 heterocycles. The van der Waals surface area contributed by atoms with Crippen LogP contribution in [0.15, 0.2) is 12.3 Å². The lowest BCUT2D eigenvalue weighted by atomic mass is 10.5. The van der Waals surface area contributed by atoms with Crippen molar-refractivity contribution in [1.82, 2.24) is 4.90 Å². The average Bonchev–Trinajstić information content (AvgIpc) is 2.12. The standard InChI is InChI=1S/C6H10BrN/c1-6(7)8-4-2-3-5-8/h2,4,6H,3,5H2,1H3. The highest BCUT2D eigenvalue weighted by atomic mass is 79.9. The molecule has 46 valence electrons. The van der Waals surface area contributed by atoms with Crippen molar-refractivity contribution in [1.29, 1.82) is 0 Å². The first-order chi connectivity index (χ1) is 3.80. The van der Waals surface area contributed by atoms with Crippen LogP contribution in [0, 0.1) is 0 Å². The summed E-state index contributed by atoms with van der Waals surface area (Å²) in [7, 11) is 0. The van der Waals surface area contributed by atoms with Gasteiger partial charge in [-0.15, -0.1) is 0 Å². The maximum Gasteiger partial charge on any atom is 0.0812 e. The molecule has 0 spiro atoms. The SMILES string of the molecule is CC(Br)N1C=CCC1. The number of hydrogen-bond acceptors (Lipinski definition) is 1. The van der Waals surface area contributed by atoms with Crippen LogP contribution < -0.4 is 0 Å². The second kappa shape index (κ2) is 2.53. The van der Waals surface area contributed by atoms with Crippen LogP contribution in [0.4, 0.5) is 0 Å². The molecule has 0 N–H and O–H groups in total. The Morgan fingerprint density at radius 1 is 1.75 bits per heavy atom. The molecule has 1 atom stereocenters. The summed E-state index contributed by atoms with van der Waals surface area (Å²) in [5, 5.41) is 0. The number of hydrogen-bond donors (Lipinski definition) is 0. The summed E-state index contributed by atoms with van der Waals surface area (Å²) in [6.45, 7) is 3.31. The van der Waals surface area contributed by atoms with Gasteiger partial charge in [-0.05, 0) is 19.5 Å². The minimum Gasteiger partial charge on any atom is -0.365 e. The van der Waals surface area contributed by atoms with E-state index in [0.717, 1.165) is 0 Å². The predicted octanol–water partition coefficient (Wildman–Crippen LogP) is 1.95. The molecule has 1 nitrogen and oxygen atoms in total. The Bertz CT molecular complexity index is 98.7. The Hall–Kier alpha value is 0.0200. The summed E-state index contributed by atoms with van der Waals surface area (Å²) in [5.74, 6) is 0. The van der Waals surface area contributed by atoms with E-state index in [0.29, 0.717) is 4.95 Å². The molecular formula is C6H10BrN. The van der Waals surface area contributed by atoms with Crippen molar-refractivity contribution in [3.8, 4) is 0 Å². The molecule has 2 heteroatoms. The van der Waals surface area contributed by atoms with Crippen LogP contribution in [0.3, 0.4) is 0 Å². The fraction of sp³-hybridized carbons (Fsp3) is 0.667. The highest BCUT2D eigenvalue weighted by Gasteiger charge is 2.07. The van der Waals surface area contributed by atoms with E-state index >= 15 is 0 Å². The smallest absolute Gasteiger partial charge is 0.0812 e. The predicted molar refractivity (Wildman–Crippen MR) is 38.9 cm³/mol. The maximum absolute atomic E-state index is 3.48. The van der Waals surface area contributed by atoms with E-state index in [9.17, 15) is 0 Å². The molecule has 0 amide bonds. The highest BCUT2D eigenvalue weighted by Crippen LogP contribution is 2.12. The van der Waals surface area contributed by atoms with Gasteiger partial charge < -0.3 is 4.90 Å². The average molecular weight is 176 g/mol. The molecular weight excluding hydrogens is 166 g/mol. The fourth-order valence-corrected chi connectivity index (χ4v) is 1.15. The lowest BCUT2D eigenvalue weighted by molar-refractivity contribution is 0.406. The molecule has 1 rings (SSSR count). The van der Waals surface area contributed by atoms with Crippen LogP contribution in [0.1, 0.15) is 13.3 Å². The maximum atomic E-state index is 3.48. The molecule has 1 aliphatic rings. The van der Waals surface area contributed by atoms with Gasteiger partial charge in [0.25, 0.3) is 0 Å². The van der Waals surface area contributed by atoms with E-state index in [1.54, 1.807) is 0 Å². The highest BCUT2D eigenvalue weighted by molar-refractivity contribution is 9.09. The van der Waals surface area contributed by atoms with Gasteiger partial charge in [0.15, 0.2) is 0 Å². The van der Waals surface area contributed by atoms with Crippen LogP contribution in [0.5, 0.6) is 0 Å². The van der Waals surface area contributed by atoms with Crippen molar-refractivity contribution in [3.05, 3.63) is 12.3 Å². The fourth-order valence-electron chi connectivity index (χ4n) is 0.805. The Kier molecular flexibility index (Phi) is 1.95. The molecule has 0 fully saturated rings. The number of rotatable bonds is 1. The van der Waals surface area contributed by atoms with E-state index in [1.807, 2.05) is 0 Å². The first-order valence-corrected chi connectivity index (χ1v) is 3.79. The molecule has 0 radical (unpaired) electrons. The molecule has 8 heavy (non-hydrogen) atoms. The summed E-state index contributed by atoms with van der Waals surface area (Å²) >= 11 is 3.48. The lowest BCUT2D eigenvalue weighted by Gasteiger charge is -2.17. The molecule has 1 aliphatic heterocycles. The van der Waals surface area contributed by atoms with Gasteiger partial charge in [0.05, 0.1) is 4.95 Å². The van der Waals surface area contributed by atoms with E-state index in [1.165, 1.54) is 13.0 Å². The van der Waals surface area contributed by atoms with Crippen molar-refractivity contribution >= 4 is 15.9 Å². The van der Waals surface area contributed by atoms with Crippen LogP contribution in [-0.4, -0.2) is 16.4 Å². The minimum absolute atomic E-state index is 0.501. The first kappa shape index (κ1) is 6.14. The molecule has 0 aromatic heterocycles. The van der Waals surface area contributed by atoms with Crippen LogP contribution in [0.2, 0.25) is 0 Å². The summed E-state index contributed by atoms with van der Waals surface area (Å²) < 4.78 is 0. The zero-order valence-electron chi connectivity index (χ0n) is 4.97. The third-order valence-corrected chi connectivity index (χ3v) is 1.83. The van der Waals surface area contributed by atoms with Gasteiger partial charge in [0, 0.05) is 6.54 Å². The van der Waals surface area contributed by atoms with Gasteiger partial charge in [-0.25, -0.2) is 0 Å². The van der Waals surface area contributed by atoms with Gasteiger partial charge >= 0.3 is 0 Å². The molecule has 0 aromatic rings. The summed E-state index contributed by atoms with van der Waals surface area (Å²) in [6.07, 6.45) is 5.53. The summed E-state index contributed by atoms with van der Waals surface area (Å²) in [6, 6.07) is 0. The molecule has 0 bridgehead atoms. The minimum atomic E-state index is 0.501. The van der Waals surface area contributed by atoms with Gasteiger partial charge in [0.1, 0.15) is 0 Å². The van der Waals surface area contributed by atoms with E-state index in [2.05, 4.69) is 40.0 Å². The van der Waals surface area contributed by atoms with E-state index < -0.39 is 0 Å². The second-order valence-electron chi connectivity index (χ2n) is 1.99. The zero-order chi connectivity index (χ0) is 5.98. The third-order valence-electron chi connectivity index (χ3n) is 1.31. The number of alkyl halides is 1. The van der Waals surface area contributed by atoms with Crippen molar-refractivity contribution in [2.75, 3.05) is 6.54 Å². The largest absolute Gasteiger partial charge is 0.365 e. The summed E-state index contributed by atoms with van der Waals surface area (Å²) in [4.78, 5) is 2.77. The Morgan fingerprint density at radius 2 is 2.50 bits per heavy atom. The molecule has 0 saturated heterocycles. The number of nitrogens with zero attached hydrogens (tertiary/aromatic N) is 1. The molecule has 0 aromatic carbocycles. The lowest BCUT2D eigenvalue weighted by Crippen LogP contribution is -2.19. The number of halogens is 1. The Morgan fingerprint density at radius 3 is 2.75 bits per heavy atom. The van der Waals surface area contributed by atoms with Crippen LogP contribution >= 0.6 is 15.9 Å². The van der Waals surface area contributed by atoms with Crippen molar-refractivity contribution in [2.45, 2.75) is 18.3 Å². The monoisotopic (exact) mass is 175 g/mol. The quantitative estimate of drug-likeness (QED) is 0.436. The van der Waals surface area contributed by atoms with Crippen LogP contribution in [0.25, 0.3) is 0 Å². The van der Waals surface area contributed by atoms with Crippen LogP contribution in [-0.2, 0) is 0 Å². The Balaban J connectivity index is 2.36. The van der Waals surface area contributed by atoms with Crippen molar-refractivity contribution in [3.63, 3.8) is 0 Å². The van der Waals surface area contributed by atoms with Crippen molar-refractivity contribution in [2.24, 2.45) is 0 Å². The third kappa shape index (κ3) is 1.25.